The van der Waals surface area contributed by atoms with E-state index in [1.807, 2.05) is 36.4 Å². The Balaban J connectivity index is 2.49. The number of nitriles is 1. The van der Waals surface area contributed by atoms with Gasteiger partial charge >= 0.3 is 0 Å². The molecule has 0 aliphatic carbocycles. The molecule has 71 valence electrons. The molecule has 1 aromatic heterocycles. The molecule has 2 nitrogen and oxygen atoms in total. The standard InChI is InChI=1S/C13H9N2/c14-8-7-11-4-1-2-6-13(11)12-5-3-9-15-10-12/h1-6,9H,7H2. The van der Waals surface area contributed by atoms with E-state index in [1.165, 1.54) is 0 Å². The Hall–Kier alpha value is -2.14. The van der Waals surface area contributed by atoms with Crippen LogP contribution < -0.4 is 0 Å². The third-order valence-corrected chi connectivity index (χ3v) is 2.19. The topological polar surface area (TPSA) is 36.7 Å². The minimum absolute atomic E-state index is 0.416. The van der Waals surface area contributed by atoms with Crippen molar-refractivity contribution >= 4 is 0 Å². The van der Waals surface area contributed by atoms with Gasteiger partial charge in [-0.25, -0.2) is 0 Å². The van der Waals surface area contributed by atoms with Crippen LogP contribution in [0.3, 0.4) is 0 Å². The summed E-state index contributed by atoms with van der Waals surface area (Å²) in [7, 11) is 0. The zero-order valence-electron chi connectivity index (χ0n) is 8.14. The van der Waals surface area contributed by atoms with Crippen molar-refractivity contribution < 1.29 is 0 Å². The van der Waals surface area contributed by atoms with Crippen LogP contribution in [-0.2, 0) is 6.42 Å². The van der Waals surface area contributed by atoms with Crippen molar-refractivity contribution in [2.75, 3.05) is 0 Å². The van der Waals surface area contributed by atoms with E-state index in [-0.39, 0.29) is 0 Å². The minimum atomic E-state index is 0.416. The second-order valence-electron chi connectivity index (χ2n) is 3.15. The maximum atomic E-state index is 8.72. The van der Waals surface area contributed by atoms with Gasteiger partial charge in [0.25, 0.3) is 0 Å². The lowest BCUT2D eigenvalue weighted by atomic mass is 9.99. The number of aromatic nitrogens is 1. The smallest absolute Gasteiger partial charge is 0.0970 e. The van der Waals surface area contributed by atoms with E-state index in [9.17, 15) is 0 Å². The average Bonchev–Trinajstić information content (AvgIpc) is 2.31. The fourth-order valence-electron chi connectivity index (χ4n) is 1.50. The van der Waals surface area contributed by atoms with Gasteiger partial charge in [-0.3, -0.25) is 4.98 Å². The predicted octanol–water partition coefficient (Wildman–Crippen LogP) is 2.61. The Morgan fingerprint density at radius 2 is 2.07 bits per heavy atom. The van der Waals surface area contributed by atoms with E-state index in [2.05, 4.69) is 17.3 Å². The number of pyridine rings is 1. The first-order chi connectivity index (χ1) is 7.42. The number of hydrogen-bond donors (Lipinski definition) is 0. The molecule has 1 radical (unpaired) electrons. The molecule has 0 bridgehead atoms. The molecule has 2 heteroatoms. The van der Waals surface area contributed by atoms with Crippen LogP contribution in [0.1, 0.15) is 5.56 Å². The van der Waals surface area contributed by atoms with Crippen LogP contribution in [0.2, 0.25) is 0 Å². The van der Waals surface area contributed by atoms with Gasteiger partial charge in [-0.1, -0.05) is 30.3 Å². The van der Waals surface area contributed by atoms with Crippen molar-refractivity contribution in [2.24, 2.45) is 0 Å². The summed E-state index contributed by atoms with van der Waals surface area (Å²) in [5, 5.41) is 8.72. The molecule has 0 amide bonds. The van der Waals surface area contributed by atoms with Crippen LogP contribution in [-0.4, -0.2) is 4.98 Å². The van der Waals surface area contributed by atoms with E-state index in [0.717, 1.165) is 16.7 Å². The molecule has 2 aromatic rings. The average molecular weight is 193 g/mol. The number of hydrogen-bond acceptors (Lipinski definition) is 2. The first kappa shape index (κ1) is 9.42. The van der Waals surface area contributed by atoms with E-state index in [4.69, 9.17) is 5.26 Å². The molecule has 0 saturated carbocycles. The summed E-state index contributed by atoms with van der Waals surface area (Å²) < 4.78 is 0. The van der Waals surface area contributed by atoms with Crippen molar-refractivity contribution in [1.29, 1.82) is 5.26 Å². The zero-order valence-corrected chi connectivity index (χ0v) is 8.14. The molecule has 15 heavy (non-hydrogen) atoms. The van der Waals surface area contributed by atoms with Gasteiger partial charge in [0.2, 0.25) is 0 Å². The summed E-state index contributed by atoms with van der Waals surface area (Å²) >= 11 is 0. The van der Waals surface area contributed by atoms with E-state index >= 15 is 0 Å². The quantitative estimate of drug-likeness (QED) is 0.735. The first-order valence-electron chi connectivity index (χ1n) is 4.70. The highest BCUT2D eigenvalue weighted by Gasteiger charge is 2.03. The number of benzene rings is 1. The molecule has 0 aliphatic heterocycles. The van der Waals surface area contributed by atoms with Crippen LogP contribution >= 0.6 is 0 Å². The Labute approximate surface area is 88.8 Å². The van der Waals surface area contributed by atoms with Gasteiger partial charge in [-0.2, -0.15) is 5.26 Å². The van der Waals surface area contributed by atoms with Gasteiger partial charge in [0, 0.05) is 11.8 Å². The summed E-state index contributed by atoms with van der Waals surface area (Å²) in [6.45, 7) is 0. The van der Waals surface area contributed by atoms with Gasteiger partial charge in [0.1, 0.15) is 0 Å². The molecule has 0 N–H and O–H groups in total. The molecule has 0 aliphatic rings. The molecule has 1 aromatic carbocycles. The third-order valence-electron chi connectivity index (χ3n) is 2.19. The molecular weight excluding hydrogens is 184 g/mol. The zero-order chi connectivity index (χ0) is 10.5. The Morgan fingerprint density at radius 1 is 1.20 bits per heavy atom. The predicted molar refractivity (Wildman–Crippen MR) is 57.8 cm³/mol. The van der Waals surface area contributed by atoms with Gasteiger partial charge in [0.15, 0.2) is 0 Å². The van der Waals surface area contributed by atoms with Crippen molar-refractivity contribution in [1.82, 2.24) is 4.98 Å². The lowest BCUT2D eigenvalue weighted by molar-refractivity contribution is 1.25. The van der Waals surface area contributed by atoms with Crippen molar-refractivity contribution in [3.8, 4) is 17.2 Å². The Morgan fingerprint density at radius 3 is 2.80 bits per heavy atom. The largest absolute Gasteiger partial charge is 0.254 e. The highest BCUT2D eigenvalue weighted by Crippen LogP contribution is 2.22. The highest BCUT2D eigenvalue weighted by atomic mass is 14.6. The summed E-state index contributed by atoms with van der Waals surface area (Å²) in [6.07, 6.45) is 5.03. The molecular formula is C13H9N2. The van der Waals surface area contributed by atoms with E-state index in [0.29, 0.717) is 6.42 Å². The van der Waals surface area contributed by atoms with Crippen LogP contribution in [0, 0.1) is 17.5 Å². The molecule has 1 heterocycles. The summed E-state index contributed by atoms with van der Waals surface area (Å²) in [6, 6.07) is 13.8. The molecule has 0 fully saturated rings. The fraction of sp³-hybridized carbons (Fsp3) is 0.0769. The number of rotatable bonds is 2. The van der Waals surface area contributed by atoms with Crippen LogP contribution in [0.4, 0.5) is 0 Å². The Kier molecular flexibility index (Phi) is 2.75. The van der Waals surface area contributed by atoms with Gasteiger partial charge < -0.3 is 0 Å². The van der Waals surface area contributed by atoms with Gasteiger partial charge in [-0.05, 0) is 17.2 Å². The monoisotopic (exact) mass is 193 g/mol. The Bertz CT molecular complexity index is 483. The second kappa shape index (κ2) is 4.39. The minimum Gasteiger partial charge on any atom is -0.254 e. The maximum Gasteiger partial charge on any atom is 0.0970 e. The molecule has 0 unspecified atom stereocenters. The third kappa shape index (κ3) is 2.03. The molecule has 0 spiro atoms. The molecule has 0 saturated heterocycles. The summed E-state index contributed by atoms with van der Waals surface area (Å²) in [4.78, 5) is 3.95. The van der Waals surface area contributed by atoms with Crippen molar-refractivity contribution in [3.63, 3.8) is 0 Å². The first-order valence-corrected chi connectivity index (χ1v) is 4.70. The van der Waals surface area contributed by atoms with Crippen LogP contribution in [0.15, 0.2) is 42.6 Å². The summed E-state index contributed by atoms with van der Waals surface area (Å²) in [5.74, 6) is 0. The van der Waals surface area contributed by atoms with Crippen LogP contribution in [0.25, 0.3) is 11.1 Å². The lowest BCUT2D eigenvalue weighted by Gasteiger charge is -2.04. The maximum absolute atomic E-state index is 8.72. The van der Waals surface area contributed by atoms with E-state index in [1.54, 1.807) is 6.20 Å². The van der Waals surface area contributed by atoms with Crippen molar-refractivity contribution in [3.05, 3.63) is 54.4 Å². The second-order valence-corrected chi connectivity index (χ2v) is 3.15. The molecule has 0 atom stereocenters. The normalized spacial score (nSPS) is 9.53. The van der Waals surface area contributed by atoms with Crippen LogP contribution in [0.5, 0.6) is 0 Å². The highest BCUT2D eigenvalue weighted by molar-refractivity contribution is 5.66. The molecule has 2 rings (SSSR count). The van der Waals surface area contributed by atoms with Crippen molar-refractivity contribution in [2.45, 2.75) is 6.42 Å². The number of nitrogens with zero attached hydrogens (tertiary/aromatic N) is 2. The summed E-state index contributed by atoms with van der Waals surface area (Å²) in [5.41, 5.74) is 2.99. The fourth-order valence-corrected chi connectivity index (χ4v) is 1.50. The van der Waals surface area contributed by atoms with E-state index < -0.39 is 0 Å². The van der Waals surface area contributed by atoms with Gasteiger partial charge in [0.05, 0.1) is 18.7 Å². The lowest BCUT2D eigenvalue weighted by Crippen LogP contribution is -1.88. The van der Waals surface area contributed by atoms with Gasteiger partial charge in [-0.15, -0.1) is 0 Å². The SMILES string of the molecule is N#CCc1ccccc1-c1[c]nccc1.